The third-order valence-corrected chi connectivity index (χ3v) is 5.58. The van der Waals surface area contributed by atoms with E-state index in [0.717, 1.165) is 56.8 Å². The summed E-state index contributed by atoms with van der Waals surface area (Å²) in [5.41, 5.74) is 1.98. The van der Waals surface area contributed by atoms with Crippen LogP contribution in [0.15, 0.2) is 48.5 Å². The van der Waals surface area contributed by atoms with Crippen LogP contribution in [-0.2, 0) is 4.74 Å². The molecule has 26 heavy (non-hydrogen) atoms. The van der Waals surface area contributed by atoms with Gasteiger partial charge < -0.3 is 10.1 Å². The van der Waals surface area contributed by atoms with Gasteiger partial charge in [0.2, 0.25) is 0 Å². The molecule has 138 valence electrons. The highest BCUT2D eigenvalue weighted by molar-refractivity contribution is 5.32. The number of rotatable bonds is 3. The summed E-state index contributed by atoms with van der Waals surface area (Å²) in [6, 6.07) is 13.3. The first-order valence-corrected chi connectivity index (χ1v) is 9.25. The highest BCUT2D eigenvalue weighted by Gasteiger charge is 2.39. The van der Waals surface area contributed by atoms with Gasteiger partial charge in [0.05, 0.1) is 18.2 Å². The van der Waals surface area contributed by atoms with E-state index in [1.165, 1.54) is 24.3 Å². The molecule has 2 saturated heterocycles. The first kappa shape index (κ1) is 17.6. The molecule has 1 N–H and O–H groups in total. The number of benzene rings is 2. The summed E-state index contributed by atoms with van der Waals surface area (Å²) in [7, 11) is 0. The Hall–Kier alpha value is -1.82. The maximum atomic E-state index is 13.4. The van der Waals surface area contributed by atoms with Crippen LogP contribution >= 0.6 is 0 Å². The SMILES string of the molecule is Fc1ccc(C(c2ccc(F)cc2)N2CCC3(CC2)CNCCO3)cc1. The average Bonchev–Trinajstić information content (AvgIpc) is 2.67. The van der Waals surface area contributed by atoms with Crippen LogP contribution in [0.2, 0.25) is 0 Å². The lowest BCUT2D eigenvalue weighted by molar-refractivity contribution is -0.103. The van der Waals surface area contributed by atoms with Gasteiger partial charge in [-0.25, -0.2) is 8.78 Å². The second-order valence-electron chi connectivity index (χ2n) is 7.25. The molecular weight excluding hydrogens is 334 g/mol. The maximum absolute atomic E-state index is 13.4. The summed E-state index contributed by atoms with van der Waals surface area (Å²) in [5, 5.41) is 3.44. The molecule has 2 fully saturated rings. The van der Waals surface area contributed by atoms with E-state index in [4.69, 9.17) is 4.74 Å². The largest absolute Gasteiger partial charge is 0.372 e. The fraction of sp³-hybridized carbons (Fsp3) is 0.429. The summed E-state index contributed by atoms with van der Waals surface area (Å²) in [4.78, 5) is 2.39. The molecule has 0 aromatic heterocycles. The molecule has 0 unspecified atom stereocenters. The van der Waals surface area contributed by atoms with Crippen molar-refractivity contribution >= 4 is 0 Å². The van der Waals surface area contributed by atoms with Crippen molar-refractivity contribution in [1.82, 2.24) is 10.2 Å². The van der Waals surface area contributed by atoms with Crippen LogP contribution in [-0.4, -0.2) is 43.3 Å². The Morgan fingerprint density at radius 2 is 1.42 bits per heavy atom. The fourth-order valence-corrected chi connectivity index (χ4v) is 4.12. The molecule has 2 aliphatic heterocycles. The Balaban J connectivity index is 1.59. The standard InChI is InChI=1S/C21H24F2N2O/c22-18-5-1-16(2-6-18)20(17-3-7-19(23)8-4-17)25-12-9-21(10-13-25)15-24-11-14-26-21/h1-8,20,24H,9-15H2. The van der Waals surface area contributed by atoms with Gasteiger partial charge >= 0.3 is 0 Å². The number of morpholine rings is 1. The Morgan fingerprint density at radius 3 is 1.88 bits per heavy atom. The Labute approximate surface area is 153 Å². The van der Waals surface area contributed by atoms with E-state index in [-0.39, 0.29) is 23.3 Å². The molecule has 2 heterocycles. The fourth-order valence-electron chi connectivity index (χ4n) is 4.12. The van der Waals surface area contributed by atoms with Gasteiger partial charge in [-0.05, 0) is 48.2 Å². The number of hydrogen-bond donors (Lipinski definition) is 1. The molecule has 0 radical (unpaired) electrons. The van der Waals surface area contributed by atoms with Crippen LogP contribution in [0.4, 0.5) is 8.78 Å². The molecule has 0 amide bonds. The van der Waals surface area contributed by atoms with Gasteiger partial charge in [-0.2, -0.15) is 0 Å². The number of halogens is 2. The van der Waals surface area contributed by atoms with Gasteiger partial charge in [-0.1, -0.05) is 24.3 Å². The maximum Gasteiger partial charge on any atom is 0.123 e. The Kier molecular flexibility index (Phi) is 5.02. The quantitative estimate of drug-likeness (QED) is 0.909. The molecule has 5 heteroatoms. The molecule has 0 aliphatic carbocycles. The van der Waals surface area contributed by atoms with Crippen LogP contribution in [0.3, 0.4) is 0 Å². The topological polar surface area (TPSA) is 24.5 Å². The zero-order valence-corrected chi connectivity index (χ0v) is 14.8. The molecule has 0 bridgehead atoms. The van der Waals surface area contributed by atoms with Crippen molar-refractivity contribution in [2.24, 2.45) is 0 Å². The van der Waals surface area contributed by atoms with E-state index in [0.29, 0.717) is 0 Å². The summed E-state index contributed by atoms with van der Waals surface area (Å²) >= 11 is 0. The Bertz CT molecular complexity index is 671. The van der Waals surface area contributed by atoms with Crippen molar-refractivity contribution in [1.29, 1.82) is 0 Å². The first-order chi connectivity index (χ1) is 12.7. The number of hydrogen-bond acceptors (Lipinski definition) is 3. The predicted octanol–water partition coefficient (Wildman–Crippen LogP) is 3.51. The predicted molar refractivity (Wildman–Crippen MR) is 97.0 cm³/mol. The van der Waals surface area contributed by atoms with E-state index in [9.17, 15) is 8.78 Å². The van der Waals surface area contributed by atoms with E-state index < -0.39 is 0 Å². The lowest BCUT2D eigenvalue weighted by Crippen LogP contribution is -2.56. The van der Waals surface area contributed by atoms with E-state index in [1.54, 1.807) is 0 Å². The third-order valence-electron chi connectivity index (χ3n) is 5.58. The van der Waals surface area contributed by atoms with E-state index in [2.05, 4.69) is 10.2 Å². The lowest BCUT2D eigenvalue weighted by atomic mass is 9.87. The number of piperidine rings is 1. The number of nitrogens with one attached hydrogen (secondary N) is 1. The van der Waals surface area contributed by atoms with E-state index in [1.807, 2.05) is 24.3 Å². The van der Waals surface area contributed by atoms with Crippen LogP contribution in [0.25, 0.3) is 0 Å². The van der Waals surface area contributed by atoms with Gasteiger partial charge in [0.25, 0.3) is 0 Å². The highest BCUT2D eigenvalue weighted by Crippen LogP contribution is 2.35. The van der Waals surface area contributed by atoms with Gasteiger partial charge in [0.1, 0.15) is 11.6 Å². The molecule has 0 atom stereocenters. The summed E-state index contributed by atoms with van der Waals surface area (Å²) in [6.07, 6.45) is 1.91. The highest BCUT2D eigenvalue weighted by atomic mass is 19.1. The molecule has 3 nitrogen and oxygen atoms in total. The van der Waals surface area contributed by atoms with Crippen molar-refractivity contribution in [3.05, 3.63) is 71.3 Å². The minimum absolute atomic E-state index is 0.00917. The Morgan fingerprint density at radius 1 is 0.885 bits per heavy atom. The second kappa shape index (κ2) is 7.43. The van der Waals surface area contributed by atoms with Crippen molar-refractivity contribution in [2.45, 2.75) is 24.5 Å². The van der Waals surface area contributed by atoms with Crippen molar-refractivity contribution in [3.8, 4) is 0 Å². The summed E-state index contributed by atoms with van der Waals surface area (Å²) in [5.74, 6) is -0.489. The minimum atomic E-state index is -0.245. The van der Waals surface area contributed by atoms with Gasteiger partial charge in [-0.3, -0.25) is 4.90 Å². The number of likely N-dealkylation sites (tertiary alicyclic amines) is 1. The van der Waals surface area contributed by atoms with Crippen molar-refractivity contribution in [3.63, 3.8) is 0 Å². The summed E-state index contributed by atoms with van der Waals surface area (Å²) < 4.78 is 32.9. The normalized spacial score (nSPS) is 20.6. The monoisotopic (exact) mass is 358 g/mol. The van der Waals surface area contributed by atoms with Gasteiger partial charge in [0, 0.05) is 26.2 Å². The summed E-state index contributed by atoms with van der Waals surface area (Å²) in [6.45, 7) is 4.36. The zero-order chi connectivity index (χ0) is 18.0. The lowest BCUT2D eigenvalue weighted by Gasteiger charge is -2.46. The molecule has 0 saturated carbocycles. The van der Waals surface area contributed by atoms with Crippen molar-refractivity contribution in [2.75, 3.05) is 32.8 Å². The van der Waals surface area contributed by atoms with Crippen LogP contribution in [0.5, 0.6) is 0 Å². The smallest absolute Gasteiger partial charge is 0.123 e. The van der Waals surface area contributed by atoms with Crippen LogP contribution in [0, 0.1) is 11.6 Å². The number of ether oxygens (including phenoxy) is 1. The van der Waals surface area contributed by atoms with Crippen LogP contribution in [0.1, 0.15) is 30.0 Å². The third kappa shape index (κ3) is 3.65. The zero-order valence-electron chi connectivity index (χ0n) is 14.8. The van der Waals surface area contributed by atoms with E-state index >= 15 is 0 Å². The second-order valence-corrected chi connectivity index (χ2v) is 7.25. The number of nitrogens with zero attached hydrogens (tertiary/aromatic N) is 1. The molecule has 1 spiro atoms. The molecule has 2 aromatic rings. The first-order valence-electron chi connectivity index (χ1n) is 9.25. The van der Waals surface area contributed by atoms with Crippen LogP contribution < -0.4 is 5.32 Å². The molecule has 2 aromatic carbocycles. The molecular formula is C21H24F2N2O. The molecule has 2 aliphatic rings. The van der Waals surface area contributed by atoms with Gasteiger partial charge in [0.15, 0.2) is 0 Å². The van der Waals surface area contributed by atoms with Gasteiger partial charge in [-0.15, -0.1) is 0 Å². The van der Waals surface area contributed by atoms with Crippen molar-refractivity contribution < 1.29 is 13.5 Å². The average molecular weight is 358 g/mol. The molecule has 4 rings (SSSR count). The minimum Gasteiger partial charge on any atom is -0.372 e.